The first kappa shape index (κ1) is 17.0. The number of amides is 3. The van der Waals surface area contributed by atoms with E-state index < -0.39 is 11.8 Å². The second-order valence-corrected chi connectivity index (χ2v) is 6.30. The van der Waals surface area contributed by atoms with E-state index in [0.717, 1.165) is 12.8 Å². The summed E-state index contributed by atoms with van der Waals surface area (Å²) in [5.41, 5.74) is 1.34. The van der Waals surface area contributed by atoms with Crippen LogP contribution in [0.15, 0.2) is 24.7 Å². The van der Waals surface area contributed by atoms with Crippen LogP contribution in [0, 0.1) is 5.82 Å². The molecule has 1 aliphatic carbocycles. The van der Waals surface area contributed by atoms with Gasteiger partial charge in [0.15, 0.2) is 0 Å². The molecule has 3 aromatic rings. The number of aromatic nitrogens is 4. The number of nitrogens with one attached hydrogen (secondary N) is 4. The van der Waals surface area contributed by atoms with Crippen molar-refractivity contribution >= 4 is 28.9 Å². The average molecular weight is 371 g/mol. The third-order valence-corrected chi connectivity index (χ3v) is 4.13. The third kappa shape index (κ3) is 3.59. The minimum atomic E-state index is -0.512. The molecule has 1 aromatic carbocycles. The molecule has 140 valence electrons. The second kappa shape index (κ2) is 6.71. The van der Waals surface area contributed by atoms with E-state index in [1.165, 1.54) is 29.2 Å². The van der Waals surface area contributed by atoms with Crippen LogP contribution >= 0.6 is 0 Å². The summed E-state index contributed by atoms with van der Waals surface area (Å²) >= 11 is 0. The van der Waals surface area contributed by atoms with Gasteiger partial charge in [-0.3, -0.25) is 10.1 Å². The largest absolute Gasteiger partial charge is 0.348 e. The summed E-state index contributed by atoms with van der Waals surface area (Å²) in [6.07, 6.45) is 4.81. The smallest absolute Gasteiger partial charge is 0.321 e. The molecule has 0 unspecified atom stereocenters. The molecule has 1 saturated carbocycles. The molecule has 9 nitrogen and oxygen atoms in total. The number of rotatable bonds is 5. The number of urea groups is 1. The zero-order valence-corrected chi connectivity index (χ0v) is 14.5. The molecule has 0 radical (unpaired) electrons. The van der Waals surface area contributed by atoms with Gasteiger partial charge in [-0.05, 0) is 25.8 Å². The molecule has 0 aliphatic heterocycles. The number of anilines is 1. The summed E-state index contributed by atoms with van der Waals surface area (Å²) in [5.74, 6) is -0.573. The Bertz CT molecular complexity index is 1020. The van der Waals surface area contributed by atoms with Crippen molar-refractivity contribution in [1.29, 1.82) is 0 Å². The maximum absolute atomic E-state index is 14.5. The second-order valence-electron chi connectivity index (χ2n) is 6.30. The van der Waals surface area contributed by atoms with Crippen molar-refractivity contribution in [1.82, 2.24) is 30.2 Å². The minimum Gasteiger partial charge on any atom is -0.348 e. The average Bonchev–Trinajstić information content (AvgIpc) is 3.15. The molecule has 10 heteroatoms. The van der Waals surface area contributed by atoms with Crippen molar-refractivity contribution in [2.75, 3.05) is 11.9 Å². The summed E-state index contributed by atoms with van der Waals surface area (Å²) in [6, 6.07) is 2.62. The van der Waals surface area contributed by atoms with E-state index in [4.69, 9.17) is 0 Å². The number of H-pyrrole nitrogens is 1. The number of carbonyl (C=O) groups is 2. The zero-order chi connectivity index (χ0) is 19.0. The molecule has 1 fully saturated rings. The van der Waals surface area contributed by atoms with Crippen LogP contribution in [-0.4, -0.2) is 44.0 Å². The first-order valence-corrected chi connectivity index (χ1v) is 8.63. The van der Waals surface area contributed by atoms with E-state index in [9.17, 15) is 14.0 Å². The van der Waals surface area contributed by atoms with Crippen molar-refractivity contribution in [3.05, 3.63) is 36.2 Å². The number of hydrogen-bond donors (Lipinski definition) is 4. The van der Waals surface area contributed by atoms with Gasteiger partial charge in [0.1, 0.15) is 17.8 Å². The van der Waals surface area contributed by atoms with Crippen LogP contribution in [0.1, 0.15) is 30.3 Å². The van der Waals surface area contributed by atoms with Crippen molar-refractivity contribution < 1.29 is 14.0 Å². The van der Waals surface area contributed by atoms with Crippen LogP contribution in [0.3, 0.4) is 0 Å². The van der Waals surface area contributed by atoms with Crippen molar-refractivity contribution in [3.8, 4) is 5.69 Å². The first-order valence-electron chi connectivity index (χ1n) is 8.63. The summed E-state index contributed by atoms with van der Waals surface area (Å²) < 4.78 is 16.0. The van der Waals surface area contributed by atoms with E-state index in [1.54, 1.807) is 6.92 Å². The van der Waals surface area contributed by atoms with Crippen LogP contribution in [0.25, 0.3) is 16.7 Å². The predicted molar refractivity (Wildman–Crippen MR) is 96.4 cm³/mol. The molecule has 4 rings (SSSR count). The lowest BCUT2D eigenvalue weighted by atomic mass is 10.2. The highest BCUT2D eigenvalue weighted by Gasteiger charge is 2.25. The number of imidazole rings is 2. The molecule has 2 heterocycles. The zero-order valence-electron chi connectivity index (χ0n) is 14.5. The number of carbonyl (C=O) groups excluding carboxylic acids is 2. The number of hydrogen-bond acceptors (Lipinski definition) is 4. The molecular weight excluding hydrogens is 353 g/mol. The fourth-order valence-corrected chi connectivity index (χ4v) is 2.65. The lowest BCUT2D eigenvalue weighted by Gasteiger charge is -2.03. The van der Waals surface area contributed by atoms with Crippen LogP contribution in [-0.2, 0) is 0 Å². The molecule has 27 heavy (non-hydrogen) atoms. The Balaban J connectivity index is 1.60. The van der Waals surface area contributed by atoms with Gasteiger partial charge >= 0.3 is 6.03 Å². The Labute approximate surface area is 153 Å². The number of benzene rings is 1. The molecule has 4 N–H and O–H groups in total. The van der Waals surface area contributed by atoms with Gasteiger partial charge in [-0.25, -0.2) is 19.2 Å². The third-order valence-electron chi connectivity index (χ3n) is 4.13. The summed E-state index contributed by atoms with van der Waals surface area (Å²) in [5, 5.41) is 7.97. The van der Waals surface area contributed by atoms with Gasteiger partial charge in [-0.1, -0.05) is 0 Å². The van der Waals surface area contributed by atoms with Crippen LogP contribution in [0.4, 0.5) is 15.1 Å². The minimum absolute atomic E-state index is 0.205. The van der Waals surface area contributed by atoms with Gasteiger partial charge in [-0.2, -0.15) is 0 Å². The lowest BCUT2D eigenvalue weighted by Crippen LogP contribution is -2.28. The SMILES string of the molecule is CCNC(=O)Nc1nc2cc(-n3cnc(C(=O)NC4CC4)c3)c(F)cc2[nH]1. The van der Waals surface area contributed by atoms with Crippen LogP contribution < -0.4 is 16.0 Å². The normalized spacial score (nSPS) is 13.6. The van der Waals surface area contributed by atoms with Crippen molar-refractivity contribution in [2.45, 2.75) is 25.8 Å². The van der Waals surface area contributed by atoms with Gasteiger partial charge in [-0.15, -0.1) is 0 Å². The standard InChI is InChI=1S/C17H18FN7O2/c1-2-19-17(27)24-16-22-11-5-10(18)14(6-12(11)23-16)25-7-13(20-8-25)15(26)21-9-3-4-9/h5-9H,2-4H2,1H3,(H,21,26)(H3,19,22,23,24,27). The van der Waals surface area contributed by atoms with E-state index in [-0.39, 0.29) is 29.3 Å². The topological polar surface area (TPSA) is 117 Å². The predicted octanol–water partition coefficient (Wildman–Crippen LogP) is 1.92. The van der Waals surface area contributed by atoms with Crippen LogP contribution in [0.2, 0.25) is 0 Å². The van der Waals surface area contributed by atoms with E-state index in [1.807, 2.05) is 0 Å². The summed E-state index contributed by atoms with van der Waals surface area (Å²) in [4.78, 5) is 34.8. The highest BCUT2D eigenvalue weighted by molar-refractivity contribution is 5.92. The fraction of sp³-hybridized carbons (Fsp3) is 0.294. The number of halogens is 1. The number of aromatic amines is 1. The highest BCUT2D eigenvalue weighted by Crippen LogP contribution is 2.23. The fourth-order valence-electron chi connectivity index (χ4n) is 2.65. The Hall–Kier alpha value is -3.43. The van der Waals surface area contributed by atoms with Gasteiger partial charge in [0.05, 0.1) is 16.7 Å². The van der Waals surface area contributed by atoms with E-state index >= 15 is 0 Å². The van der Waals surface area contributed by atoms with Crippen molar-refractivity contribution in [2.24, 2.45) is 0 Å². The lowest BCUT2D eigenvalue weighted by molar-refractivity contribution is 0.0946. The highest BCUT2D eigenvalue weighted by atomic mass is 19.1. The monoisotopic (exact) mass is 371 g/mol. The Kier molecular flexibility index (Phi) is 4.22. The summed E-state index contributed by atoms with van der Waals surface area (Å²) in [6.45, 7) is 2.27. The van der Waals surface area contributed by atoms with Gasteiger partial charge in [0.25, 0.3) is 5.91 Å². The quantitative estimate of drug-likeness (QED) is 0.548. The summed E-state index contributed by atoms with van der Waals surface area (Å²) in [7, 11) is 0. The Morgan fingerprint density at radius 3 is 2.93 bits per heavy atom. The molecule has 0 saturated heterocycles. The molecular formula is C17H18FN7O2. The van der Waals surface area contributed by atoms with Gasteiger partial charge < -0.3 is 20.2 Å². The first-order chi connectivity index (χ1) is 13.0. The molecule has 2 aromatic heterocycles. The number of nitrogens with zero attached hydrogens (tertiary/aromatic N) is 3. The molecule has 0 atom stereocenters. The molecule has 0 spiro atoms. The molecule has 3 amide bonds. The van der Waals surface area contributed by atoms with Gasteiger partial charge in [0, 0.05) is 24.8 Å². The molecule has 0 bridgehead atoms. The number of fused-ring (bicyclic) bond motifs is 1. The van der Waals surface area contributed by atoms with E-state index in [2.05, 4.69) is 30.9 Å². The van der Waals surface area contributed by atoms with Gasteiger partial charge in [0.2, 0.25) is 5.95 Å². The van der Waals surface area contributed by atoms with Crippen molar-refractivity contribution in [3.63, 3.8) is 0 Å². The van der Waals surface area contributed by atoms with Crippen LogP contribution in [0.5, 0.6) is 0 Å². The molecule has 1 aliphatic rings. The maximum atomic E-state index is 14.5. The Morgan fingerprint density at radius 1 is 1.37 bits per heavy atom. The maximum Gasteiger partial charge on any atom is 0.321 e. The Morgan fingerprint density at radius 2 is 2.19 bits per heavy atom. The van der Waals surface area contributed by atoms with E-state index in [0.29, 0.717) is 17.6 Å².